The second-order valence-corrected chi connectivity index (χ2v) is 6.90. The molecule has 0 bridgehead atoms. The minimum atomic E-state index is -3.41. The third-order valence-electron chi connectivity index (χ3n) is 2.98. The molecule has 0 saturated carbocycles. The molecule has 0 aliphatic heterocycles. The molecular formula is C15H16ClNO3S. The molecular weight excluding hydrogens is 310 g/mol. The molecule has 0 atom stereocenters. The zero-order valence-electron chi connectivity index (χ0n) is 11.3. The van der Waals surface area contributed by atoms with Crippen molar-refractivity contribution in [2.75, 3.05) is 6.54 Å². The molecule has 0 spiro atoms. The van der Waals surface area contributed by atoms with Crippen molar-refractivity contribution in [2.24, 2.45) is 0 Å². The molecule has 2 N–H and O–H groups in total. The lowest BCUT2D eigenvalue weighted by Gasteiger charge is -2.08. The third-order valence-corrected chi connectivity index (χ3v) is 4.59. The molecule has 6 heteroatoms. The highest BCUT2D eigenvalue weighted by molar-refractivity contribution is 7.88. The summed E-state index contributed by atoms with van der Waals surface area (Å²) in [5, 5.41) is 10.2. The maximum Gasteiger partial charge on any atom is 0.215 e. The Hall–Kier alpha value is -1.56. The monoisotopic (exact) mass is 325 g/mol. The zero-order valence-corrected chi connectivity index (χ0v) is 12.9. The zero-order chi connectivity index (χ0) is 15.3. The molecule has 4 nitrogen and oxygen atoms in total. The normalized spacial score (nSPS) is 11.5. The Labute approximate surface area is 129 Å². The summed E-state index contributed by atoms with van der Waals surface area (Å²) in [5.41, 5.74) is 1.39. The molecule has 2 aromatic carbocycles. The van der Waals surface area contributed by atoms with E-state index >= 15 is 0 Å². The average molecular weight is 326 g/mol. The Kier molecular flexibility index (Phi) is 5.22. The third kappa shape index (κ3) is 5.04. The molecule has 0 amide bonds. The predicted octanol–water partition coefficient (Wildman–Crippen LogP) is 2.71. The summed E-state index contributed by atoms with van der Waals surface area (Å²) in [6.45, 7) is 0.244. The summed E-state index contributed by atoms with van der Waals surface area (Å²) < 4.78 is 26.4. The fourth-order valence-corrected chi connectivity index (χ4v) is 3.19. The number of rotatable bonds is 6. The number of aromatic hydroxyl groups is 1. The van der Waals surface area contributed by atoms with Gasteiger partial charge in [-0.15, -0.1) is 0 Å². The van der Waals surface area contributed by atoms with Gasteiger partial charge in [0.2, 0.25) is 10.0 Å². The van der Waals surface area contributed by atoms with Gasteiger partial charge >= 0.3 is 0 Å². The van der Waals surface area contributed by atoms with Crippen LogP contribution in [0.5, 0.6) is 5.75 Å². The van der Waals surface area contributed by atoms with Crippen molar-refractivity contribution in [1.82, 2.24) is 4.72 Å². The number of phenolic OH excluding ortho intramolecular Hbond substituents is 1. The highest BCUT2D eigenvalue weighted by Gasteiger charge is 2.11. The molecule has 112 valence electrons. The first-order valence-electron chi connectivity index (χ1n) is 6.45. The molecule has 0 aliphatic carbocycles. The van der Waals surface area contributed by atoms with Crippen molar-refractivity contribution >= 4 is 21.6 Å². The molecule has 0 radical (unpaired) electrons. The van der Waals surface area contributed by atoms with E-state index in [0.717, 1.165) is 0 Å². The highest BCUT2D eigenvalue weighted by Crippen LogP contribution is 2.16. The lowest BCUT2D eigenvalue weighted by Crippen LogP contribution is -2.27. The van der Waals surface area contributed by atoms with Crippen LogP contribution in [0.25, 0.3) is 0 Å². The summed E-state index contributed by atoms with van der Waals surface area (Å²) in [4.78, 5) is 0. The van der Waals surface area contributed by atoms with Gasteiger partial charge in [-0.25, -0.2) is 13.1 Å². The largest absolute Gasteiger partial charge is 0.508 e. The van der Waals surface area contributed by atoms with Crippen LogP contribution in [0.4, 0.5) is 0 Å². The van der Waals surface area contributed by atoms with Gasteiger partial charge in [-0.3, -0.25) is 0 Å². The van der Waals surface area contributed by atoms with Crippen molar-refractivity contribution < 1.29 is 13.5 Å². The summed E-state index contributed by atoms with van der Waals surface area (Å²) in [6, 6.07) is 13.6. The number of nitrogens with one attached hydrogen (secondary N) is 1. The smallest absolute Gasteiger partial charge is 0.215 e. The van der Waals surface area contributed by atoms with E-state index in [2.05, 4.69) is 4.72 Å². The number of para-hydroxylation sites is 1. The molecule has 2 aromatic rings. The SMILES string of the molecule is O=S(=O)(Cc1ccc(Cl)cc1)NCCc1ccccc1O. The number of halogens is 1. The van der Waals surface area contributed by atoms with Crippen LogP contribution in [0, 0.1) is 0 Å². The Morgan fingerprint density at radius 3 is 2.38 bits per heavy atom. The maximum atomic E-state index is 12.0. The topological polar surface area (TPSA) is 66.4 Å². The van der Waals surface area contributed by atoms with Gasteiger partial charge in [-0.1, -0.05) is 41.9 Å². The van der Waals surface area contributed by atoms with Crippen LogP contribution in [-0.4, -0.2) is 20.1 Å². The Balaban J connectivity index is 1.90. The van der Waals surface area contributed by atoms with Crippen molar-refractivity contribution in [3.8, 4) is 5.75 Å². The van der Waals surface area contributed by atoms with Crippen molar-refractivity contribution in [3.05, 3.63) is 64.7 Å². The van der Waals surface area contributed by atoms with Crippen LogP contribution < -0.4 is 4.72 Å². The van der Waals surface area contributed by atoms with Crippen LogP contribution in [0.15, 0.2) is 48.5 Å². The first kappa shape index (κ1) is 15.8. The first-order valence-corrected chi connectivity index (χ1v) is 8.48. The van der Waals surface area contributed by atoms with E-state index in [-0.39, 0.29) is 18.0 Å². The van der Waals surface area contributed by atoms with Crippen LogP contribution >= 0.6 is 11.6 Å². The molecule has 0 fully saturated rings. The quantitative estimate of drug-likeness (QED) is 0.858. The summed E-state index contributed by atoms with van der Waals surface area (Å²) in [7, 11) is -3.41. The van der Waals surface area contributed by atoms with Gasteiger partial charge in [0, 0.05) is 11.6 Å². The summed E-state index contributed by atoms with van der Waals surface area (Å²) >= 11 is 5.76. The van der Waals surface area contributed by atoms with Crippen LogP contribution in [-0.2, 0) is 22.2 Å². The van der Waals surface area contributed by atoms with Gasteiger partial charge in [0.15, 0.2) is 0 Å². The second kappa shape index (κ2) is 6.93. The molecule has 0 saturated heterocycles. The van der Waals surface area contributed by atoms with E-state index in [9.17, 15) is 13.5 Å². The lowest BCUT2D eigenvalue weighted by atomic mass is 10.1. The second-order valence-electron chi connectivity index (χ2n) is 4.66. The minimum Gasteiger partial charge on any atom is -0.508 e. The number of benzene rings is 2. The average Bonchev–Trinajstić information content (AvgIpc) is 2.43. The maximum absolute atomic E-state index is 12.0. The fraction of sp³-hybridized carbons (Fsp3) is 0.200. The van der Waals surface area contributed by atoms with E-state index in [1.165, 1.54) is 0 Å². The van der Waals surface area contributed by atoms with Crippen molar-refractivity contribution in [3.63, 3.8) is 0 Å². The Morgan fingerprint density at radius 1 is 1.05 bits per heavy atom. The molecule has 0 unspecified atom stereocenters. The van der Waals surface area contributed by atoms with Crippen LogP contribution in [0.3, 0.4) is 0 Å². The van der Waals surface area contributed by atoms with Gasteiger partial charge in [-0.2, -0.15) is 0 Å². The number of hydrogen-bond donors (Lipinski definition) is 2. The summed E-state index contributed by atoms with van der Waals surface area (Å²) in [6.07, 6.45) is 0.437. The number of phenols is 1. The van der Waals surface area contributed by atoms with E-state index in [1.807, 2.05) is 0 Å². The Bertz CT molecular complexity index is 699. The predicted molar refractivity (Wildman–Crippen MR) is 83.9 cm³/mol. The van der Waals surface area contributed by atoms with Crippen LogP contribution in [0.1, 0.15) is 11.1 Å². The standard InChI is InChI=1S/C15H16ClNO3S/c16-14-7-5-12(6-8-14)11-21(19,20)17-10-9-13-3-1-2-4-15(13)18/h1-8,17-18H,9-11H2. The number of sulfonamides is 1. The summed E-state index contributed by atoms with van der Waals surface area (Å²) in [5.74, 6) is 0.0830. The van der Waals surface area contributed by atoms with Gasteiger partial charge in [-0.05, 0) is 35.7 Å². The highest BCUT2D eigenvalue weighted by atomic mass is 35.5. The fourth-order valence-electron chi connectivity index (χ4n) is 1.91. The lowest BCUT2D eigenvalue weighted by molar-refractivity contribution is 0.467. The first-order chi connectivity index (χ1) is 9.96. The minimum absolute atomic E-state index is 0.0923. The van der Waals surface area contributed by atoms with Crippen LogP contribution in [0.2, 0.25) is 5.02 Å². The molecule has 21 heavy (non-hydrogen) atoms. The Morgan fingerprint density at radius 2 is 1.71 bits per heavy atom. The van der Waals surface area contributed by atoms with E-state index in [4.69, 9.17) is 11.6 Å². The van der Waals surface area contributed by atoms with Gasteiger partial charge in [0.25, 0.3) is 0 Å². The van der Waals surface area contributed by atoms with Crippen molar-refractivity contribution in [1.29, 1.82) is 0 Å². The van der Waals surface area contributed by atoms with Crippen molar-refractivity contribution in [2.45, 2.75) is 12.2 Å². The van der Waals surface area contributed by atoms with Gasteiger partial charge < -0.3 is 5.11 Å². The van der Waals surface area contributed by atoms with Gasteiger partial charge in [0.1, 0.15) is 5.75 Å². The molecule has 0 heterocycles. The molecule has 2 rings (SSSR count). The van der Waals surface area contributed by atoms with E-state index < -0.39 is 10.0 Å². The van der Waals surface area contributed by atoms with Gasteiger partial charge in [0.05, 0.1) is 5.75 Å². The van der Waals surface area contributed by atoms with E-state index in [1.54, 1.807) is 48.5 Å². The molecule has 0 aromatic heterocycles. The van der Waals surface area contributed by atoms with E-state index in [0.29, 0.717) is 22.6 Å². The number of hydrogen-bond acceptors (Lipinski definition) is 3. The molecule has 0 aliphatic rings.